The number of H-pyrrole nitrogens is 1. The minimum absolute atomic E-state index is 1.19. The van der Waals surface area contributed by atoms with Gasteiger partial charge in [-0.2, -0.15) is 0 Å². The first-order valence-corrected chi connectivity index (χ1v) is 4.70. The molecule has 1 heterocycles. The lowest BCUT2D eigenvalue weighted by molar-refractivity contribution is -0.644. The Hall–Kier alpha value is -1.83. The van der Waals surface area contributed by atoms with Crippen molar-refractivity contribution in [3.8, 4) is 0 Å². The molecule has 0 aliphatic rings. The normalized spacial score (nSPS) is 11.2. The highest BCUT2D eigenvalue weighted by molar-refractivity contribution is 5.93. The Balaban J connectivity index is 2.54. The zero-order chi connectivity index (χ0) is 9.54. The molecule has 0 aliphatic carbocycles. The Bertz CT molecular complexity index is 608. The molecule has 0 saturated carbocycles. The van der Waals surface area contributed by atoms with E-state index in [1.54, 1.807) is 0 Å². The van der Waals surface area contributed by atoms with E-state index < -0.39 is 0 Å². The molecule has 68 valence electrons. The lowest BCUT2D eigenvalue weighted by Gasteiger charge is -1.95. The first-order chi connectivity index (χ1) is 6.84. The van der Waals surface area contributed by atoms with E-state index >= 15 is 0 Å². The molecular formula is C12H11N2+. The molecule has 0 unspecified atom stereocenters. The number of imidazole rings is 1. The van der Waals surface area contributed by atoms with E-state index in [0.717, 1.165) is 0 Å². The monoisotopic (exact) mass is 183 g/mol. The van der Waals surface area contributed by atoms with Crippen molar-refractivity contribution in [1.82, 2.24) is 4.98 Å². The summed E-state index contributed by atoms with van der Waals surface area (Å²) in [5.74, 6) is 0. The van der Waals surface area contributed by atoms with Crippen LogP contribution in [-0.4, -0.2) is 4.98 Å². The number of aromatic nitrogens is 2. The molecule has 3 aromatic rings. The number of rotatable bonds is 0. The third-order valence-corrected chi connectivity index (χ3v) is 2.66. The van der Waals surface area contributed by atoms with Crippen LogP contribution in [-0.2, 0) is 7.05 Å². The predicted molar refractivity (Wildman–Crippen MR) is 57.0 cm³/mol. The minimum atomic E-state index is 1.19. The molecule has 1 N–H and O–H groups in total. The van der Waals surface area contributed by atoms with Crippen molar-refractivity contribution in [2.45, 2.75) is 0 Å². The van der Waals surface area contributed by atoms with Gasteiger partial charge in [-0.1, -0.05) is 24.3 Å². The molecular weight excluding hydrogens is 172 g/mol. The molecule has 14 heavy (non-hydrogen) atoms. The lowest BCUT2D eigenvalue weighted by Crippen LogP contribution is -2.24. The first-order valence-electron chi connectivity index (χ1n) is 4.70. The Morgan fingerprint density at radius 3 is 2.57 bits per heavy atom. The van der Waals surface area contributed by atoms with Gasteiger partial charge in [-0.3, -0.25) is 0 Å². The lowest BCUT2D eigenvalue weighted by atomic mass is 10.1. The second kappa shape index (κ2) is 2.58. The van der Waals surface area contributed by atoms with Gasteiger partial charge in [0.2, 0.25) is 6.33 Å². The number of hydrogen-bond donors (Lipinski definition) is 1. The van der Waals surface area contributed by atoms with E-state index in [4.69, 9.17) is 0 Å². The highest BCUT2D eigenvalue weighted by Gasteiger charge is 2.06. The average Bonchev–Trinajstić information content (AvgIpc) is 2.57. The standard InChI is InChI=1S/C12H10N2/c1-14-8-13-11-6-9-4-2-3-5-10(9)7-12(11)14/h2-8H,1H3/p+1. The highest BCUT2D eigenvalue weighted by Crippen LogP contribution is 2.18. The van der Waals surface area contributed by atoms with E-state index in [1.165, 1.54) is 21.8 Å². The van der Waals surface area contributed by atoms with Gasteiger partial charge in [-0.15, -0.1) is 0 Å². The largest absolute Gasteiger partial charge is 0.243 e. The molecule has 0 fully saturated rings. The van der Waals surface area contributed by atoms with Gasteiger partial charge in [0.1, 0.15) is 0 Å². The van der Waals surface area contributed by atoms with Gasteiger partial charge in [0.25, 0.3) is 0 Å². The average molecular weight is 183 g/mol. The van der Waals surface area contributed by atoms with Crippen LogP contribution >= 0.6 is 0 Å². The van der Waals surface area contributed by atoms with Crippen LogP contribution in [0.2, 0.25) is 0 Å². The molecule has 2 aromatic carbocycles. The van der Waals surface area contributed by atoms with Crippen molar-refractivity contribution in [1.29, 1.82) is 0 Å². The zero-order valence-electron chi connectivity index (χ0n) is 7.99. The fourth-order valence-electron chi connectivity index (χ4n) is 1.87. The minimum Gasteiger partial charge on any atom is -0.243 e. The zero-order valence-corrected chi connectivity index (χ0v) is 7.99. The van der Waals surface area contributed by atoms with Crippen LogP contribution < -0.4 is 4.57 Å². The van der Waals surface area contributed by atoms with E-state index in [-0.39, 0.29) is 0 Å². The van der Waals surface area contributed by atoms with Crippen LogP contribution in [0.1, 0.15) is 0 Å². The van der Waals surface area contributed by atoms with Crippen LogP contribution in [0.4, 0.5) is 0 Å². The van der Waals surface area contributed by atoms with Crippen LogP contribution in [0.25, 0.3) is 21.8 Å². The quantitative estimate of drug-likeness (QED) is 0.515. The highest BCUT2D eigenvalue weighted by atomic mass is 15.0. The molecule has 2 heteroatoms. The maximum Gasteiger partial charge on any atom is 0.242 e. The van der Waals surface area contributed by atoms with E-state index in [9.17, 15) is 0 Å². The first kappa shape index (κ1) is 7.56. The van der Waals surface area contributed by atoms with Crippen molar-refractivity contribution in [2.24, 2.45) is 7.05 Å². The Labute approximate surface area is 81.8 Å². The second-order valence-electron chi connectivity index (χ2n) is 3.60. The molecule has 3 rings (SSSR count). The topological polar surface area (TPSA) is 19.7 Å². The van der Waals surface area contributed by atoms with Gasteiger partial charge in [0.15, 0.2) is 11.0 Å². The second-order valence-corrected chi connectivity index (χ2v) is 3.60. The molecule has 0 radical (unpaired) electrons. The van der Waals surface area contributed by atoms with E-state index in [1.807, 2.05) is 13.4 Å². The Morgan fingerprint density at radius 1 is 1.07 bits per heavy atom. The summed E-state index contributed by atoms with van der Waals surface area (Å²) >= 11 is 0. The van der Waals surface area contributed by atoms with E-state index in [0.29, 0.717) is 0 Å². The van der Waals surface area contributed by atoms with Crippen molar-refractivity contribution in [2.75, 3.05) is 0 Å². The van der Waals surface area contributed by atoms with Gasteiger partial charge in [-0.25, -0.2) is 9.55 Å². The third-order valence-electron chi connectivity index (χ3n) is 2.66. The number of hydrogen-bond acceptors (Lipinski definition) is 0. The van der Waals surface area contributed by atoms with Crippen molar-refractivity contribution >= 4 is 21.8 Å². The van der Waals surface area contributed by atoms with E-state index in [2.05, 4.69) is 45.9 Å². The molecule has 0 atom stereocenters. The fourth-order valence-corrected chi connectivity index (χ4v) is 1.87. The van der Waals surface area contributed by atoms with Crippen molar-refractivity contribution < 1.29 is 4.57 Å². The molecule has 0 bridgehead atoms. The SMILES string of the molecule is C[n+]1c[nH]c2cc3ccccc3cc21. The molecule has 0 aliphatic heterocycles. The number of benzene rings is 2. The summed E-state index contributed by atoms with van der Waals surface area (Å²) in [6.07, 6.45) is 1.98. The summed E-state index contributed by atoms with van der Waals surface area (Å²) in [5.41, 5.74) is 2.43. The maximum absolute atomic E-state index is 3.24. The Morgan fingerprint density at radius 2 is 1.79 bits per heavy atom. The van der Waals surface area contributed by atoms with Crippen LogP contribution in [0.15, 0.2) is 42.7 Å². The van der Waals surface area contributed by atoms with Crippen LogP contribution in [0, 0.1) is 0 Å². The summed E-state index contributed by atoms with van der Waals surface area (Å²) < 4.78 is 2.10. The number of aromatic amines is 1. The Kier molecular flexibility index (Phi) is 1.39. The maximum atomic E-state index is 3.24. The summed E-state index contributed by atoms with van der Waals surface area (Å²) in [6, 6.07) is 12.8. The fraction of sp³-hybridized carbons (Fsp3) is 0.0833. The van der Waals surface area contributed by atoms with Gasteiger partial charge < -0.3 is 0 Å². The van der Waals surface area contributed by atoms with Gasteiger partial charge >= 0.3 is 0 Å². The van der Waals surface area contributed by atoms with Crippen LogP contribution in [0.5, 0.6) is 0 Å². The summed E-state index contributed by atoms with van der Waals surface area (Å²) in [7, 11) is 2.05. The third kappa shape index (κ3) is 0.940. The van der Waals surface area contributed by atoms with Crippen molar-refractivity contribution in [3.05, 3.63) is 42.7 Å². The molecule has 0 saturated heterocycles. The number of aryl methyl sites for hydroxylation is 1. The number of nitrogens with one attached hydrogen (secondary N) is 1. The number of nitrogens with zero attached hydrogens (tertiary/aromatic N) is 1. The molecule has 0 amide bonds. The van der Waals surface area contributed by atoms with Crippen LogP contribution in [0.3, 0.4) is 0 Å². The summed E-state index contributed by atoms with van der Waals surface area (Å²) in [5, 5.41) is 2.57. The van der Waals surface area contributed by atoms with Gasteiger partial charge in [0.05, 0.1) is 7.05 Å². The summed E-state index contributed by atoms with van der Waals surface area (Å²) in [4.78, 5) is 3.24. The molecule has 2 nitrogen and oxygen atoms in total. The molecule has 1 aromatic heterocycles. The van der Waals surface area contributed by atoms with Crippen molar-refractivity contribution in [3.63, 3.8) is 0 Å². The summed E-state index contributed by atoms with van der Waals surface area (Å²) in [6.45, 7) is 0. The predicted octanol–water partition coefficient (Wildman–Crippen LogP) is 2.15. The number of fused-ring (bicyclic) bond motifs is 2. The molecule has 0 spiro atoms. The van der Waals surface area contributed by atoms with Gasteiger partial charge in [0, 0.05) is 0 Å². The van der Waals surface area contributed by atoms with Gasteiger partial charge in [-0.05, 0) is 22.9 Å². The smallest absolute Gasteiger partial charge is 0.242 e.